The Bertz CT molecular complexity index is 557. The van der Waals surface area contributed by atoms with Crippen LogP contribution >= 0.6 is 0 Å². The van der Waals surface area contributed by atoms with Crippen molar-refractivity contribution < 1.29 is 14.3 Å². The number of rotatable bonds is 4. The second-order valence-corrected chi connectivity index (χ2v) is 3.42. The maximum atomic E-state index is 11.3. The number of hydrogen-bond donors (Lipinski definition) is 2. The molecular weight excluding hydrogens is 236 g/mol. The molecule has 0 saturated heterocycles. The number of methoxy groups -OCH3 is 2. The Balaban J connectivity index is 2.69. The molecule has 2 aromatic rings. The SMILES string of the molecule is COc1cccc(OC)c1-c1n[nH]nc1C(N)=O. The number of carbonyl (C=O) groups excluding carboxylic acids is 1. The molecule has 0 aliphatic heterocycles. The van der Waals surface area contributed by atoms with Gasteiger partial charge < -0.3 is 15.2 Å². The highest BCUT2D eigenvalue weighted by Gasteiger charge is 2.22. The maximum Gasteiger partial charge on any atom is 0.271 e. The van der Waals surface area contributed by atoms with Gasteiger partial charge in [0, 0.05) is 0 Å². The van der Waals surface area contributed by atoms with E-state index in [1.165, 1.54) is 14.2 Å². The minimum Gasteiger partial charge on any atom is -0.496 e. The number of benzene rings is 1. The van der Waals surface area contributed by atoms with Gasteiger partial charge in [0.2, 0.25) is 0 Å². The van der Waals surface area contributed by atoms with E-state index in [1.807, 2.05) is 0 Å². The number of ether oxygens (including phenoxy) is 2. The molecule has 7 heteroatoms. The molecule has 18 heavy (non-hydrogen) atoms. The van der Waals surface area contributed by atoms with Crippen LogP contribution in [0.5, 0.6) is 11.5 Å². The number of nitrogens with zero attached hydrogens (tertiary/aromatic N) is 2. The number of nitrogens with one attached hydrogen (secondary N) is 1. The number of aromatic nitrogens is 3. The Morgan fingerprint density at radius 3 is 2.33 bits per heavy atom. The smallest absolute Gasteiger partial charge is 0.271 e. The summed E-state index contributed by atoms with van der Waals surface area (Å²) >= 11 is 0. The second kappa shape index (κ2) is 4.74. The molecule has 7 nitrogen and oxygen atoms in total. The van der Waals surface area contributed by atoms with E-state index in [2.05, 4.69) is 15.4 Å². The van der Waals surface area contributed by atoms with Crippen molar-refractivity contribution in [1.29, 1.82) is 0 Å². The predicted molar refractivity (Wildman–Crippen MR) is 63.4 cm³/mol. The number of carbonyl (C=O) groups is 1. The van der Waals surface area contributed by atoms with Crippen LogP contribution in [0.2, 0.25) is 0 Å². The van der Waals surface area contributed by atoms with Gasteiger partial charge in [0.15, 0.2) is 5.69 Å². The molecule has 0 aliphatic carbocycles. The van der Waals surface area contributed by atoms with Crippen LogP contribution in [0.25, 0.3) is 11.3 Å². The summed E-state index contributed by atoms with van der Waals surface area (Å²) < 4.78 is 10.5. The van der Waals surface area contributed by atoms with Gasteiger partial charge in [-0.25, -0.2) is 0 Å². The van der Waals surface area contributed by atoms with E-state index in [1.54, 1.807) is 18.2 Å². The molecule has 0 saturated carbocycles. The van der Waals surface area contributed by atoms with Crippen molar-refractivity contribution in [1.82, 2.24) is 15.4 Å². The molecule has 0 fully saturated rings. The summed E-state index contributed by atoms with van der Waals surface area (Å²) in [7, 11) is 3.03. The molecule has 0 spiro atoms. The van der Waals surface area contributed by atoms with Crippen molar-refractivity contribution in [3.05, 3.63) is 23.9 Å². The lowest BCUT2D eigenvalue weighted by atomic mass is 10.1. The highest BCUT2D eigenvalue weighted by Crippen LogP contribution is 2.37. The third kappa shape index (κ3) is 1.86. The minimum absolute atomic E-state index is 0.0396. The average Bonchev–Trinajstić information content (AvgIpc) is 2.86. The van der Waals surface area contributed by atoms with Crippen LogP contribution in [0.4, 0.5) is 0 Å². The number of primary amides is 1. The molecule has 0 aliphatic rings. The summed E-state index contributed by atoms with van der Waals surface area (Å²) in [4.78, 5) is 11.3. The molecule has 2 rings (SSSR count). The first-order valence-electron chi connectivity index (χ1n) is 5.11. The van der Waals surface area contributed by atoms with Gasteiger partial charge in [0.05, 0.1) is 19.8 Å². The first-order chi connectivity index (χ1) is 8.69. The van der Waals surface area contributed by atoms with Crippen LogP contribution in [0, 0.1) is 0 Å². The first-order valence-corrected chi connectivity index (χ1v) is 5.11. The van der Waals surface area contributed by atoms with Gasteiger partial charge in [-0.05, 0) is 12.1 Å². The molecular formula is C11H12N4O3. The van der Waals surface area contributed by atoms with E-state index in [9.17, 15) is 4.79 Å². The second-order valence-electron chi connectivity index (χ2n) is 3.42. The zero-order valence-corrected chi connectivity index (χ0v) is 9.93. The quantitative estimate of drug-likeness (QED) is 0.824. The summed E-state index contributed by atoms with van der Waals surface area (Å²) in [5.74, 6) is 0.364. The summed E-state index contributed by atoms with van der Waals surface area (Å²) in [5.41, 5.74) is 6.11. The molecule has 0 radical (unpaired) electrons. The van der Waals surface area contributed by atoms with Crippen molar-refractivity contribution in [3.8, 4) is 22.8 Å². The fourth-order valence-electron chi connectivity index (χ4n) is 1.66. The zero-order valence-electron chi connectivity index (χ0n) is 9.93. The molecule has 0 bridgehead atoms. The fourth-order valence-corrected chi connectivity index (χ4v) is 1.66. The highest BCUT2D eigenvalue weighted by atomic mass is 16.5. The summed E-state index contributed by atoms with van der Waals surface area (Å²) in [6.07, 6.45) is 0. The van der Waals surface area contributed by atoms with Crippen molar-refractivity contribution in [2.24, 2.45) is 5.73 Å². The van der Waals surface area contributed by atoms with Gasteiger partial charge in [0.1, 0.15) is 17.2 Å². The van der Waals surface area contributed by atoms with Gasteiger partial charge in [-0.1, -0.05) is 6.07 Å². The number of aromatic amines is 1. The zero-order chi connectivity index (χ0) is 13.1. The third-order valence-electron chi connectivity index (χ3n) is 2.45. The molecule has 1 aromatic heterocycles. The summed E-state index contributed by atoms with van der Waals surface area (Å²) in [5, 5.41) is 10.0. The number of amides is 1. The van der Waals surface area contributed by atoms with Crippen molar-refractivity contribution >= 4 is 5.91 Å². The standard InChI is InChI=1S/C11H12N4O3/c1-17-6-4-3-5-7(18-2)8(6)9-10(11(12)16)14-15-13-9/h3-5H,1-2H3,(H2,12,16)(H,13,14,15). The van der Waals surface area contributed by atoms with Gasteiger partial charge in [-0.3, -0.25) is 4.79 Å². The number of H-pyrrole nitrogens is 1. The molecule has 0 unspecified atom stereocenters. The van der Waals surface area contributed by atoms with E-state index < -0.39 is 5.91 Å². The fraction of sp³-hybridized carbons (Fsp3) is 0.182. The first kappa shape index (κ1) is 11.9. The third-order valence-corrected chi connectivity index (χ3v) is 2.45. The van der Waals surface area contributed by atoms with Crippen LogP contribution in [-0.4, -0.2) is 35.5 Å². The highest BCUT2D eigenvalue weighted by molar-refractivity contribution is 5.98. The minimum atomic E-state index is -0.674. The van der Waals surface area contributed by atoms with Crippen LogP contribution in [-0.2, 0) is 0 Å². The van der Waals surface area contributed by atoms with E-state index in [0.29, 0.717) is 22.8 Å². The van der Waals surface area contributed by atoms with Crippen molar-refractivity contribution in [2.75, 3.05) is 14.2 Å². The van der Waals surface area contributed by atoms with Crippen molar-refractivity contribution in [3.63, 3.8) is 0 Å². The average molecular weight is 248 g/mol. The van der Waals surface area contributed by atoms with Gasteiger partial charge >= 0.3 is 0 Å². The summed E-state index contributed by atoms with van der Waals surface area (Å²) in [6, 6.07) is 5.24. The largest absolute Gasteiger partial charge is 0.496 e. The Hall–Kier alpha value is -2.57. The van der Waals surface area contributed by atoms with Crippen LogP contribution in [0.1, 0.15) is 10.5 Å². The van der Waals surface area contributed by atoms with E-state index in [0.717, 1.165) is 0 Å². The lowest BCUT2D eigenvalue weighted by Crippen LogP contribution is -2.13. The molecule has 1 amide bonds. The maximum absolute atomic E-state index is 11.3. The normalized spacial score (nSPS) is 10.1. The monoisotopic (exact) mass is 248 g/mol. The number of nitrogens with two attached hydrogens (primary N) is 1. The molecule has 0 atom stereocenters. The molecule has 1 heterocycles. The molecule has 1 aromatic carbocycles. The molecule has 3 N–H and O–H groups in total. The van der Waals surface area contributed by atoms with Crippen molar-refractivity contribution in [2.45, 2.75) is 0 Å². The Kier molecular flexibility index (Phi) is 3.13. The molecule has 94 valence electrons. The Labute approximate surface area is 103 Å². The topological polar surface area (TPSA) is 103 Å². The predicted octanol–water partition coefficient (Wildman–Crippen LogP) is 0.588. The van der Waals surface area contributed by atoms with Gasteiger partial charge in [0.25, 0.3) is 5.91 Å². The van der Waals surface area contributed by atoms with Gasteiger partial charge in [-0.15, -0.1) is 0 Å². The van der Waals surface area contributed by atoms with E-state index in [-0.39, 0.29) is 5.69 Å². The van der Waals surface area contributed by atoms with Crippen LogP contribution in [0.3, 0.4) is 0 Å². The van der Waals surface area contributed by atoms with Gasteiger partial charge in [-0.2, -0.15) is 15.4 Å². The Morgan fingerprint density at radius 1 is 1.22 bits per heavy atom. The van der Waals surface area contributed by atoms with Crippen LogP contribution < -0.4 is 15.2 Å². The van der Waals surface area contributed by atoms with E-state index in [4.69, 9.17) is 15.2 Å². The Morgan fingerprint density at radius 2 is 1.83 bits per heavy atom. The van der Waals surface area contributed by atoms with E-state index >= 15 is 0 Å². The number of hydrogen-bond acceptors (Lipinski definition) is 5. The summed E-state index contributed by atoms with van der Waals surface area (Å²) in [6.45, 7) is 0. The lowest BCUT2D eigenvalue weighted by molar-refractivity contribution is 0.0996. The lowest BCUT2D eigenvalue weighted by Gasteiger charge is -2.11. The van der Waals surface area contributed by atoms with Crippen LogP contribution in [0.15, 0.2) is 18.2 Å².